The molecule has 0 radical (unpaired) electrons. The van der Waals surface area contributed by atoms with Crippen molar-refractivity contribution in [1.82, 2.24) is 5.32 Å². The molecule has 2 N–H and O–H groups in total. The van der Waals surface area contributed by atoms with Gasteiger partial charge in [0.25, 0.3) is 5.91 Å². The van der Waals surface area contributed by atoms with Crippen molar-refractivity contribution in [2.24, 2.45) is 0 Å². The number of aliphatic hydroxyl groups is 1. The first-order valence-corrected chi connectivity index (χ1v) is 7.01. The molecule has 0 saturated carbocycles. The van der Waals surface area contributed by atoms with Gasteiger partial charge < -0.3 is 14.8 Å². The molecule has 2 rings (SSSR count). The standard InChI is InChI=1S/C15H16BrNO3/c1-10-6-7-13(20-10)15(2,19)9-17-14(18)11-4-3-5-12(16)8-11/h3-8,19H,9H2,1-2H3,(H,17,18). The lowest BCUT2D eigenvalue weighted by molar-refractivity contribution is 0.0323. The molecule has 0 aliphatic rings. The molecule has 1 atom stereocenters. The van der Waals surface area contributed by atoms with Crippen LogP contribution in [0.15, 0.2) is 45.3 Å². The topological polar surface area (TPSA) is 62.5 Å². The normalized spacial score (nSPS) is 13.8. The van der Waals surface area contributed by atoms with Crippen molar-refractivity contribution in [3.63, 3.8) is 0 Å². The van der Waals surface area contributed by atoms with Gasteiger partial charge in [-0.05, 0) is 44.2 Å². The minimum Gasteiger partial charge on any atom is -0.463 e. The summed E-state index contributed by atoms with van der Waals surface area (Å²) < 4.78 is 6.23. The van der Waals surface area contributed by atoms with E-state index in [-0.39, 0.29) is 12.5 Å². The number of halogens is 1. The number of carbonyl (C=O) groups is 1. The number of amides is 1. The first kappa shape index (κ1) is 14.8. The van der Waals surface area contributed by atoms with Gasteiger partial charge in [0.1, 0.15) is 17.1 Å². The summed E-state index contributed by atoms with van der Waals surface area (Å²) in [5.41, 5.74) is -0.707. The van der Waals surface area contributed by atoms with Gasteiger partial charge in [0.05, 0.1) is 6.54 Å². The number of carbonyl (C=O) groups excluding carboxylic acids is 1. The molecule has 0 bridgehead atoms. The third kappa shape index (κ3) is 3.49. The van der Waals surface area contributed by atoms with Crippen molar-refractivity contribution in [1.29, 1.82) is 0 Å². The summed E-state index contributed by atoms with van der Waals surface area (Å²) in [5.74, 6) is 0.915. The van der Waals surface area contributed by atoms with Gasteiger partial charge in [0.2, 0.25) is 0 Å². The van der Waals surface area contributed by atoms with E-state index in [1.165, 1.54) is 0 Å². The van der Waals surface area contributed by atoms with E-state index in [4.69, 9.17) is 4.42 Å². The molecule has 0 aliphatic heterocycles. The van der Waals surface area contributed by atoms with E-state index in [9.17, 15) is 9.90 Å². The maximum absolute atomic E-state index is 12.0. The van der Waals surface area contributed by atoms with E-state index in [1.807, 2.05) is 6.07 Å². The van der Waals surface area contributed by atoms with Gasteiger partial charge in [-0.3, -0.25) is 4.79 Å². The quantitative estimate of drug-likeness (QED) is 0.901. The Morgan fingerprint density at radius 1 is 1.40 bits per heavy atom. The van der Waals surface area contributed by atoms with Gasteiger partial charge in [-0.2, -0.15) is 0 Å². The minimum absolute atomic E-state index is 0.0747. The summed E-state index contributed by atoms with van der Waals surface area (Å²) in [7, 11) is 0. The fourth-order valence-corrected chi connectivity index (χ4v) is 2.19. The second kappa shape index (κ2) is 5.81. The summed E-state index contributed by atoms with van der Waals surface area (Å²) >= 11 is 3.32. The first-order valence-electron chi connectivity index (χ1n) is 6.21. The minimum atomic E-state index is -1.24. The van der Waals surface area contributed by atoms with E-state index in [2.05, 4.69) is 21.2 Å². The Morgan fingerprint density at radius 2 is 2.15 bits per heavy atom. The zero-order valence-electron chi connectivity index (χ0n) is 11.3. The predicted molar refractivity (Wildman–Crippen MR) is 79.5 cm³/mol. The SMILES string of the molecule is Cc1ccc(C(C)(O)CNC(=O)c2cccc(Br)c2)o1. The molecule has 4 nitrogen and oxygen atoms in total. The molecule has 1 amide bonds. The Labute approximate surface area is 125 Å². The predicted octanol–water partition coefficient (Wildman–Crippen LogP) is 2.99. The smallest absolute Gasteiger partial charge is 0.251 e. The van der Waals surface area contributed by atoms with Crippen LogP contribution in [0, 0.1) is 6.92 Å². The van der Waals surface area contributed by atoms with Crippen molar-refractivity contribution in [2.45, 2.75) is 19.4 Å². The molecule has 5 heteroatoms. The van der Waals surface area contributed by atoms with Gasteiger partial charge in [-0.1, -0.05) is 22.0 Å². The van der Waals surface area contributed by atoms with Crippen molar-refractivity contribution in [3.8, 4) is 0 Å². The zero-order chi connectivity index (χ0) is 14.8. The highest BCUT2D eigenvalue weighted by atomic mass is 79.9. The van der Waals surface area contributed by atoms with Gasteiger partial charge in [0, 0.05) is 10.0 Å². The molecule has 2 aromatic rings. The van der Waals surface area contributed by atoms with E-state index in [0.29, 0.717) is 11.3 Å². The van der Waals surface area contributed by atoms with E-state index in [1.54, 1.807) is 44.2 Å². The summed E-state index contributed by atoms with van der Waals surface area (Å²) in [6.45, 7) is 3.48. The Kier molecular flexibility index (Phi) is 4.30. The Balaban J connectivity index is 2.03. The molecule has 1 aromatic heterocycles. The van der Waals surface area contributed by atoms with Gasteiger partial charge >= 0.3 is 0 Å². The van der Waals surface area contributed by atoms with Crippen molar-refractivity contribution in [3.05, 3.63) is 58.0 Å². The van der Waals surface area contributed by atoms with E-state index < -0.39 is 5.60 Å². The highest BCUT2D eigenvalue weighted by molar-refractivity contribution is 9.10. The maximum Gasteiger partial charge on any atom is 0.251 e. The van der Waals surface area contributed by atoms with Crippen LogP contribution in [0.1, 0.15) is 28.8 Å². The van der Waals surface area contributed by atoms with E-state index in [0.717, 1.165) is 10.2 Å². The number of rotatable bonds is 4. The number of nitrogens with one attached hydrogen (secondary N) is 1. The fraction of sp³-hybridized carbons (Fsp3) is 0.267. The molecule has 0 aliphatic carbocycles. The Bertz CT molecular complexity index is 619. The van der Waals surface area contributed by atoms with Crippen LogP contribution in [0.2, 0.25) is 0 Å². The lowest BCUT2D eigenvalue weighted by atomic mass is 10.0. The molecular weight excluding hydrogens is 322 g/mol. The van der Waals surface area contributed by atoms with Crippen molar-refractivity contribution < 1.29 is 14.3 Å². The summed E-state index contributed by atoms with van der Waals surface area (Å²) in [5, 5.41) is 13.0. The number of hydrogen-bond acceptors (Lipinski definition) is 3. The van der Waals surface area contributed by atoms with E-state index >= 15 is 0 Å². The van der Waals surface area contributed by atoms with Crippen LogP contribution in [0.5, 0.6) is 0 Å². The van der Waals surface area contributed by atoms with Crippen molar-refractivity contribution >= 4 is 21.8 Å². The number of aryl methyl sites for hydroxylation is 1. The second-order valence-electron chi connectivity index (χ2n) is 4.88. The Morgan fingerprint density at radius 3 is 2.75 bits per heavy atom. The average Bonchev–Trinajstić information content (AvgIpc) is 2.83. The molecule has 1 unspecified atom stereocenters. The lowest BCUT2D eigenvalue weighted by Crippen LogP contribution is -2.38. The summed E-state index contributed by atoms with van der Waals surface area (Å²) in [6.07, 6.45) is 0. The molecular formula is C15H16BrNO3. The van der Waals surface area contributed by atoms with Gasteiger partial charge in [0.15, 0.2) is 0 Å². The van der Waals surface area contributed by atoms with Crippen LogP contribution in [-0.2, 0) is 5.60 Å². The van der Waals surface area contributed by atoms with Crippen LogP contribution in [0.25, 0.3) is 0 Å². The Hall–Kier alpha value is -1.59. The molecule has 0 fully saturated rings. The third-order valence-corrected chi connectivity index (χ3v) is 3.44. The van der Waals surface area contributed by atoms with Crippen LogP contribution >= 0.6 is 15.9 Å². The zero-order valence-corrected chi connectivity index (χ0v) is 12.9. The number of benzene rings is 1. The molecule has 106 valence electrons. The summed E-state index contributed by atoms with van der Waals surface area (Å²) in [4.78, 5) is 12.0. The highest BCUT2D eigenvalue weighted by Crippen LogP contribution is 2.22. The fourth-order valence-electron chi connectivity index (χ4n) is 1.80. The molecule has 20 heavy (non-hydrogen) atoms. The van der Waals surface area contributed by atoms with Crippen LogP contribution < -0.4 is 5.32 Å². The average molecular weight is 338 g/mol. The van der Waals surface area contributed by atoms with Gasteiger partial charge in [-0.15, -0.1) is 0 Å². The van der Waals surface area contributed by atoms with Gasteiger partial charge in [-0.25, -0.2) is 0 Å². The van der Waals surface area contributed by atoms with Crippen molar-refractivity contribution in [2.75, 3.05) is 6.54 Å². The second-order valence-corrected chi connectivity index (χ2v) is 5.79. The maximum atomic E-state index is 12.0. The molecule has 1 heterocycles. The monoisotopic (exact) mass is 337 g/mol. The third-order valence-electron chi connectivity index (χ3n) is 2.95. The molecule has 1 aromatic carbocycles. The summed E-state index contributed by atoms with van der Waals surface area (Å²) in [6, 6.07) is 10.6. The highest BCUT2D eigenvalue weighted by Gasteiger charge is 2.27. The lowest BCUT2D eigenvalue weighted by Gasteiger charge is -2.21. The first-order chi connectivity index (χ1) is 9.38. The number of furan rings is 1. The molecule has 0 saturated heterocycles. The van der Waals surface area contributed by atoms with Crippen LogP contribution in [0.3, 0.4) is 0 Å². The number of hydrogen-bond donors (Lipinski definition) is 2. The van der Waals surface area contributed by atoms with Crippen LogP contribution in [-0.4, -0.2) is 17.6 Å². The van der Waals surface area contributed by atoms with Crippen LogP contribution in [0.4, 0.5) is 0 Å². The molecule has 0 spiro atoms. The largest absolute Gasteiger partial charge is 0.463 e.